The van der Waals surface area contributed by atoms with Crippen LogP contribution in [0.5, 0.6) is 0 Å². The molecule has 3 unspecified atom stereocenters. The summed E-state index contributed by atoms with van der Waals surface area (Å²) in [6, 6.07) is 0.194. The first-order valence-electron chi connectivity index (χ1n) is 6.51. The Morgan fingerprint density at radius 1 is 1.29 bits per heavy atom. The molecule has 0 bridgehead atoms. The Kier molecular flexibility index (Phi) is 3.30. The number of nitrogens with zero attached hydrogens (tertiary/aromatic N) is 1. The van der Waals surface area contributed by atoms with Gasteiger partial charge in [-0.15, -0.1) is 0 Å². The molecule has 0 aromatic heterocycles. The number of sulfonamides is 1. The molecular formula is C12H24N2O2S. The Morgan fingerprint density at radius 3 is 2.47 bits per heavy atom. The fourth-order valence-electron chi connectivity index (χ4n) is 3.12. The van der Waals surface area contributed by atoms with Crippen molar-refractivity contribution >= 4 is 10.0 Å². The molecule has 17 heavy (non-hydrogen) atoms. The lowest BCUT2D eigenvalue weighted by Gasteiger charge is -2.32. The van der Waals surface area contributed by atoms with Crippen LogP contribution in [0.25, 0.3) is 0 Å². The van der Waals surface area contributed by atoms with Gasteiger partial charge in [-0.2, -0.15) is 4.31 Å². The molecule has 0 aliphatic carbocycles. The molecule has 0 spiro atoms. The second-order valence-electron chi connectivity index (χ2n) is 6.24. The highest BCUT2D eigenvalue weighted by atomic mass is 32.2. The molecule has 0 saturated carbocycles. The van der Waals surface area contributed by atoms with E-state index in [0.717, 1.165) is 19.5 Å². The Labute approximate surface area is 105 Å². The van der Waals surface area contributed by atoms with E-state index in [1.54, 1.807) is 25.1 Å². The van der Waals surface area contributed by atoms with Gasteiger partial charge in [-0.3, -0.25) is 0 Å². The van der Waals surface area contributed by atoms with Gasteiger partial charge >= 0.3 is 0 Å². The van der Waals surface area contributed by atoms with Gasteiger partial charge in [-0.05, 0) is 52.1 Å². The summed E-state index contributed by atoms with van der Waals surface area (Å²) in [4.78, 5) is 0. The third kappa shape index (κ3) is 2.02. The molecule has 2 aliphatic heterocycles. The molecule has 2 aliphatic rings. The molecule has 0 radical (unpaired) electrons. The van der Waals surface area contributed by atoms with Gasteiger partial charge in [-0.1, -0.05) is 6.92 Å². The average molecular weight is 260 g/mol. The molecule has 2 rings (SSSR count). The largest absolute Gasteiger partial charge is 0.316 e. The van der Waals surface area contributed by atoms with Gasteiger partial charge in [0.1, 0.15) is 0 Å². The number of rotatable bonds is 2. The summed E-state index contributed by atoms with van der Waals surface area (Å²) in [5.74, 6) is 1.02. The van der Waals surface area contributed by atoms with Gasteiger partial charge in [0, 0.05) is 12.6 Å². The van der Waals surface area contributed by atoms with E-state index in [-0.39, 0.29) is 6.04 Å². The highest BCUT2D eigenvalue weighted by molar-refractivity contribution is 7.90. The van der Waals surface area contributed by atoms with Crippen LogP contribution in [-0.4, -0.2) is 43.1 Å². The minimum atomic E-state index is -3.17. The Bertz CT molecular complexity index is 386. The van der Waals surface area contributed by atoms with E-state index >= 15 is 0 Å². The van der Waals surface area contributed by atoms with Crippen LogP contribution in [0.1, 0.15) is 34.1 Å². The van der Waals surface area contributed by atoms with Crippen molar-refractivity contribution in [2.24, 2.45) is 11.8 Å². The van der Waals surface area contributed by atoms with Gasteiger partial charge in [0.15, 0.2) is 0 Å². The van der Waals surface area contributed by atoms with Crippen LogP contribution in [0.3, 0.4) is 0 Å². The maximum absolute atomic E-state index is 12.6. The fourth-order valence-corrected chi connectivity index (χ4v) is 4.87. The predicted molar refractivity (Wildman–Crippen MR) is 69.3 cm³/mol. The minimum absolute atomic E-state index is 0.194. The van der Waals surface area contributed by atoms with E-state index in [1.165, 1.54) is 0 Å². The van der Waals surface area contributed by atoms with E-state index in [1.807, 2.05) is 0 Å². The highest BCUT2D eigenvalue weighted by Crippen LogP contribution is 2.38. The van der Waals surface area contributed by atoms with E-state index in [9.17, 15) is 8.42 Å². The normalized spacial score (nSPS) is 35.2. The zero-order chi connectivity index (χ0) is 12.8. The molecule has 0 aromatic carbocycles. The summed E-state index contributed by atoms with van der Waals surface area (Å²) in [6.45, 7) is 10.1. The molecule has 2 saturated heterocycles. The van der Waals surface area contributed by atoms with E-state index in [0.29, 0.717) is 18.4 Å². The third-order valence-electron chi connectivity index (χ3n) is 4.17. The standard InChI is InChI=1S/C12H24N2O2S/c1-5-11-10-7-13-6-9(10)8-14(11)17(15,16)12(2,3)4/h9-11,13H,5-8H2,1-4H3. The number of fused-ring (bicyclic) bond motifs is 1. The van der Waals surface area contributed by atoms with Gasteiger partial charge in [-0.25, -0.2) is 8.42 Å². The summed E-state index contributed by atoms with van der Waals surface area (Å²) in [6.07, 6.45) is 0.915. The van der Waals surface area contributed by atoms with Crippen molar-refractivity contribution < 1.29 is 8.42 Å². The predicted octanol–water partition coefficient (Wildman–Crippen LogP) is 1.04. The molecule has 2 fully saturated rings. The van der Waals surface area contributed by atoms with E-state index < -0.39 is 14.8 Å². The van der Waals surface area contributed by atoms with Crippen molar-refractivity contribution in [2.75, 3.05) is 19.6 Å². The first kappa shape index (κ1) is 13.3. The molecule has 1 N–H and O–H groups in total. The Balaban J connectivity index is 2.29. The Morgan fingerprint density at radius 2 is 1.94 bits per heavy atom. The molecule has 0 aromatic rings. The van der Waals surface area contributed by atoms with Crippen molar-refractivity contribution in [1.29, 1.82) is 0 Å². The fraction of sp³-hybridized carbons (Fsp3) is 1.00. The molecule has 5 heteroatoms. The van der Waals surface area contributed by atoms with Crippen molar-refractivity contribution in [1.82, 2.24) is 9.62 Å². The number of nitrogens with one attached hydrogen (secondary N) is 1. The topological polar surface area (TPSA) is 49.4 Å². The van der Waals surface area contributed by atoms with Crippen molar-refractivity contribution in [3.05, 3.63) is 0 Å². The zero-order valence-corrected chi connectivity index (χ0v) is 12.0. The van der Waals surface area contributed by atoms with Crippen molar-refractivity contribution in [3.8, 4) is 0 Å². The van der Waals surface area contributed by atoms with Gasteiger partial charge in [0.25, 0.3) is 0 Å². The molecule has 3 atom stereocenters. The summed E-state index contributed by atoms with van der Waals surface area (Å²) in [5, 5.41) is 3.38. The van der Waals surface area contributed by atoms with Crippen LogP contribution in [0, 0.1) is 11.8 Å². The Hall–Kier alpha value is -0.130. The van der Waals surface area contributed by atoms with Crippen LogP contribution < -0.4 is 5.32 Å². The average Bonchev–Trinajstić information content (AvgIpc) is 2.73. The van der Waals surface area contributed by atoms with Crippen LogP contribution in [-0.2, 0) is 10.0 Å². The summed E-state index contributed by atoms with van der Waals surface area (Å²) in [7, 11) is -3.17. The van der Waals surface area contributed by atoms with Crippen molar-refractivity contribution in [3.63, 3.8) is 0 Å². The lowest BCUT2D eigenvalue weighted by Crippen LogP contribution is -2.47. The summed E-state index contributed by atoms with van der Waals surface area (Å²) < 4.78 is 26.2. The first-order valence-corrected chi connectivity index (χ1v) is 7.95. The van der Waals surface area contributed by atoms with Gasteiger partial charge in [0.05, 0.1) is 4.75 Å². The summed E-state index contributed by atoms with van der Waals surface area (Å²) in [5.41, 5.74) is 0. The second kappa shape index (κ2) is 4.21. The van der Waals surface area contributed by atoms with Crippen LogP contribution in [0.15, 0.2) is 0 Å². The first-order chi connectivity index (χ1) is 7.79. The molecular weight excluding hydrogens is 236 g/mol. The monoisotopic (exact) mass is 260 g/mol. The van der Waals surface area contributed by atoms with Crippen LogP contribution in [0.4, 0.5) is 0 Å². The number of hydrogen-bond acceptors (Lipinski definition) is 3. The second-order valence-corrected chi connectivity index (χ2v) is 8.89. The molecule has 0 amide bonds. The third-order valence-corrected chi connectivity index (χ3v) is 6.76. The minimum Gasteiger partial charge on any atom is -0.316 e. The van der Waals surface area contributed by atoms with Gasteiger partial charge in [0.2, 0.25) is 10.0 Å². The smallest absolute Gasteiger partial charge is 0.219 e. The van der Waals surface area contributed by atoms with Crippen LogP contribution in [0.2, 0.25) is 0 Å². The number of hydrogen-bond donors (Lipinski definition) is 1. The maximum Gasteiger partial charge on any atom is 0.219 e. The van der Waals surface area contributed by atoms with E-state index in [2.05, 4.69) is 12.2 Å². The lowest BCUT2D eigenvalue weighted by molar-refractivity contribution is 0.321. The molecule has 4 nitrogen and oxygen atoms in total. The lowest BCUT2D eigenvalue weighted by atomic mass is 9.93. The molecule has 100 valence electrons. The van der Waals surface area contributed by atoms with Gasteiger partial charge < -0.3 is 5.32 Å². The highest BCUT2D eigenvalue weighted by Gasteiger charge is 2.50. The summed E-state index contributed by atoms with van der Waals surface area (Å²) >= 11 is 0. The SMILES string of the molecule is CCC1C2CNCC2CN1S(=O)(=O)C(C)(C)C. The van der Waals surface area contributed by atoms with Crippen LogP contribution >= 0.6 is 0 Å². The zero-order valence-electron chi connectivity index (χ0n) is 11.2. The quantitative estimate of drug-likeness (QED) is 0.807. The van der Waals surface area contributed by atoms with E-state index in [4.69, 9.17) is 0 Å². The maximum atomic E-state index is 12.6. The molecule has 2 heterocycles. The van der Waals surface area contributed by atoms with Crippen molar-refractivity contribution in [2.45, 2.75) is 44.9 Å².